The minimum absolute atomic E-state index is 0.252. The Morgan fingerprint density at radius 3 is 2.65 bits per heavy atom. The van der Waals surface area contributed by atoms with E-state index in [4.69, 9.17) is 9.57 Å². The van der Waals surface area contributed by atoms with Gasteiger partial charge in [0.2, 0.25) is 0 Å². The van der Waals surface area contributed by atoms with Crippen molar-refractivity contribution in [3.8, 4) is 5.75 Å². The van der Waals surface area contributed by atoms with E-state index in [1.165, 1.54) is 18.2 Å². The number of hydrogen-bond acceptors (Lipinski definition) is 4. The molecule has 0 saturated heterocycles. The molecule has 0 aliphatic carbocycles. The van der Waals surface area contributed by atoms with Gasteiger partial charge in [-0.25, -0.2) is 4.39 Å². The molecule has 0 unspecified atom stereocenters. The third-order valence-corrected chi connectivity index (χ3v) is 5.15. The SMILES string of the molecule is COc1ccccc1C1=NO[C@H](CN(Cc2ccccc2)C(=O)c2cccc(F)c2)C1. The van der Waals surface area contributed by atoms with E-state index in [1.807, 2.05) is 54.6 Å². The van der Waals surface area contributed by atoms with E-state index in [1.54, 1.807) is 18.1 Å². The van der Waals surface area contributed by atoms with E-state index in [2.05, 4.69) is 5.16 Å². The fourth-order valence-corrected chi connectivity index (χ4v) is 3.64. The number of para-hydroxylation sites is 1. The maximum absolute atomic E-state index is 13.7. The molecule has 0 radical (unpaired) electrons. The highest BCUT2D eigenvalue weighted by Crippen LogP contribution is 2.25. The van der Waals surface area contributed by atoms with Gasteiger partial charge in [0.05, 0.1) is 19.4 Å². The largest absolute Gasteiger partial charge is 0.496 e. The van der Waals surface area contributed by atoms with Gasteiger partial charge in [0, 0.05) is 24.1 Å². The van der Waals surface area contributed by atoms with E-state index in [-0.39, 0.29) is 12.0 Å². The molecular formula is C25H23FN2O3. The van der Waals surface area contributed by atoms with Gasteiger partial charge >= 0.3 is 0 Å². The third kappa shape index (κ3) is 4.91. The Labute approximate surface area is 180 Å². The molecule has 0 bridgehead atoms. The van der Waals surface area contributed by atoms with Crippen LogP contribution in [-0.2, 0) is 11.4 Å². The summed E-state index contributed by atoms with van der Waals surface area (Å²) >= 11 is 0. The molecule has 1 aliphatic rings. The highest BCUT2D eigenvalue weighted by molar-refractivity contribution is 6.03. The molecule has 0 fully saturated rings. The van der Waals surface area contributed by atoms with E-state index in [0.29, 0.717) is 25.1 Å². The van der Waals surface area contributed by atoms with Crippen LogP contribution in [0.1, 0.15) is 27.9 Å². The van der Waals surface area contributed by atoms with Crippen molar-refractivity contribution in [1.29, 1.82) is 0 Å². The molecule has 0 N–H and O–H groups in total. The summed E-state index contributed by atoms with van der Waals surface area (Å²) in [6, 6.07) is 23.1. The smallest absolute Gasteiger partial charge is 0.254 e. The average Bonchev–Trinajstić information content (AvgIpc) is 3.27. The monoisotopic (exact) mass is 418 g/mol. The van der Waals surface area contributed by atoms with Crippen LogP contribution in [0.3, 0.4) is 0 Å². The Morgan fingerprint density at radius 1 is 1.10 bits per heavy atom. The van der Waals surface area contributed by atoms with Crippen LogP contribution in [0, 0.1) is 5.82 Å². The molecule has 1 atom stereocenters. The van der Waals surface area contributed by atoms with Gasteiger partial charge in [-0.05, 0) is 35.9 Å². The molecule has 1 amide bonds. The summed E-state index contributed by atoms with van der Waals surface area (Å²) in [7, 11) is 1.62. The zero-order chi connectivity index (χ0) is 21.6. The lowest BCUT2D eigenvalue weighted by atomic mass is 10.0. The lowest BCUT2D eigenvalue weighted by Gasteiger charge is -2.25. The number of ether oxygens (including phenoxy) is 1. The Kier molecular flexibility index (Phi) is 6.26. The van der Waals surface area contributed by atoms with Gasteiger partial charge in [0.1, 0.15) is 11.6 Å². The molecule has 3 aromatic carbocycles. The van der Waals surface area contributed by atoms with Crippen molar-refractivity contribution in [3.63, 3.8) is 0 Å². The van der Waals surface area contributed by atoms with Crippen molar-refractivity contribution in [3.05, 3.63) is 101 Å². The van der Waals surface area contributed by atoms with Gasteiger partial charge in [0.15, 0.2) is 6.10 Å². The topological polar surface area (TPSA) is 51.1 Å². The zero-order valence-electron chi connectivity index (χ0n) is 17.2. The summed E-state index contributed by atoms with van der Waals surface area (Å²) in [4.78, 5) is 20.5. The van der Waals surface area contributed by atoms with Crippen LogP contribution < -0.4 is 4.74 Å². The minimum Gasteiger partial charge on any atom is -0.496 e. The first-order valence-corrected chi connectivity index (χ1v) is 10.1. The van der Waals surface area contributed by atoms with Crippen molar-refractivity contribution in [2.45, 2.75) is 19.1 Å². The first-order chi connectivity index (χ1) is 15.1. The molecule has 5 nitrogen and oxygen atoms in total. The molecule has 4 rings (SSSR count). The standard InChI is InChI=1S/C25H23FN2O3/c1-30-24-13-6-5-12-22(24)23-15-21(31-27-23)17-28(16-18-8-3-2-4-9-18)25(29)19-10-7-11-20(26)14-19/h2-14,21H,15-17H2,1H3/t21-/m0/s1. The molecule has 6 heteroatoms. The maximum atomic E-state index is 13.7. The Hall–Kier alpha value is -3.67. The van der Waals surface area contributed by atoms with Gasteiger partial charge in [-0.1, -0.05) is 53.7 Å². The number of methoxy groups -OCH3 is 1. The lowest BCUT2D eigenvalue weighted by Crippen LogP contribution is -2.37. The summed E-state index contributed by atoms with van der Waals surface area (Å²) in [5.41, 5.74) is 2.94. The number of hydrogen-bond donors (Lipinski definition) is 0. The molecular weight excluding hydrogens is 395 g/mol. The van der Waals surface area contributed by atoms with E-state index >= 15 is 0 Å². The Bertz CT molecular complexity index is 1080. The first kappa shape index (κ1) is 20.6. The van der Waals surface area contributed by atoms with Crippen molar-refractivity contribution >= 4 is 11.6 Å². The summed E-state index contributed by atoms with van der Waals surface area (Å²) in [5.74, 6) is 0.0320. The third-order valence-electron chi connectivity index (χ3n) is 5.15. The highest BCUT2D eigenvalue weighted by Gasteiger charge is 2.28. The summed E-state index contributed by atoms with van der Waals surface area (Å²) < 4.78 is 19.1. The average molecular weight is 418 g/mol. The maximum Gasteiger partial charge on any atom is 0.254 e. The fraction of sp³-hybridized carbons (Fsp3) is 0.200. The van der Waals surface area contributed by atoms with Crippen molar-refractivity contribution in [1.82, 2.24) is 4.90 Å². The van der Waals surface area contributed by atoms with Crippen LogP contribution in [0.5, 0.6) is 5.75 Å². The van der Waals surface area contributed by atoms with Gasteiger partial charge in [-0.2, -0.15) is 0 Å². The van der Waals surface area contributed by atoms with Gasteiger partial charge in [-0.3, -0.25) is 4.79 Å². The van der Waals surface area contributed by atoms with Crippen LogP contribution in [0.4, 0.5) is 4.39 Å². The second-order valence-corrected chi connectivity index (χ2v) is 7.35. The lowest BCUT2D eigenvalue weighted by molar-refractivity contribution is 0.0405. The highest BCUT2D eigenvalue weighted by atomic mass is 19.1. The van der Waals surface area contributed by atoms with Crippen LogP contribution in [0.25, 0.3) is 0 Å². The molecule has 0 aromatic heterocycles. The predicted octanol–water partition coefficient (Wildman–Crippen LogP) is 4.67. The van der Waals surface area contributed by atoms with Gasteiger partial charge in [0.25, 0.3) is 5.91 Å². The quantitative estimate of drug-likeness (QED) is 0.560. The Morgan fingerprint density at radius 2 is 1.87 bits per heavy atom. The minimum atomic E-state index is -0.440. The molecule has 158 valence electrons. The second-order valence-electron chi connectivity index (χ2n) is 7.35. The molecule has 1 aliphatic heterocycles. The summed E-state index contributed by atoms with van der Waals surface area (Å²) in [6.07, 6.45) is 0.239. The molecule has 1 heterocycles. The van der Waals surface area contributed by atoms with Crippen molar-refractivity contribution < 1.29 is 18.8 Å². The fourth-order valence-electron chi connectivity index (χ4n) is 3.64. The summed E-state index contributed by atoms with van der Waals surface area (Å²) in [5, 5.41) is 4.24. The first-order valence-electron chi connectivity index (χ1n) is 10.1. The van der Waals surface area contributed by atoms with E-state index in [9.17, 15) is 9.18 Å². The second kappa shape index (κ2) is 9.43. The Balaban J connectivity index is 1.52. The van der Waals surface area contributed by atoms with Gasteiger partial charge in [-0.15, -0.1) is 0 Å². The number of nitrogens with zero attached hydrogens (tertiary/aromatic N) is 2. The number of amides is 1. The van der Waals surface area contributed by atoms with Crippen molar-refractivity contribution in [2.24, 2.45) is 5.16 Å². The van der Waals surface area contributed by atoms with E-state index in [0.717, 1.165) is 22.6 Å². The molecule has 31 heavy (non-hydrogen) atoms. The van der Waals surface area contributed by atoms with Crippen LogP contribution in [0.2, 0.25) is 0 Å². The van der Waals surface area contributed by atoms with Crippen LogP contribution >= 0.6 is 0 Å². The molecule has 0 spiro atoms. The molecule has 3 aromatic rings. The number of carbonyl (C=O) groups excluding carboxylic acids is 1. The van der Waals surface area contributed by atoms with Crippen LogP contribution in [-0.4, -0.2) is 36.3 Å². The number of carbonyl (C=O) groups is 1. The van der Waals surface area contributed by atoms with Gasteiger partial charge < -0.3 is 14.5 Å². The number of rotatable bonds is 7. The normalized spacial score (nSPS) is 15.2. The summed E-state index contributed by atoms with van der Waals surface area (Å²) in [6.45, 7) is 0.715. The van der Waals surface area contributed by atoms with Crippen LogP contribution in [0.15, 0.2) is 84.0 Å². The predicted molar refractivity (Wildman–Crippen MR) is 117 cm³/mol. The number of halogens is 1. The number of oxime groups is 1. The number of benzene rings is 3. The van der Waals surface area contributed by atoms with Crippen molar-refractivity contribution in [2.75, 3.05) is 13.7 Å². The van der Waals surface area contributed by atoms with E-state index < -0.39 is 5.82 Å². The zero-order valence-corrected chi connectivity index (χ0v) is 17.2. The molecule has 0 saturated carbocycles.